The predicted molar refractivity (Wildman–Crippen MR) is 72.8 cm³/mol. The molecular weight excluding hydrogens is 265 g/mol. The second-order valence-corrected chi connectivity index (χ2v) is 4.22. The number of halogens is 1. The molecule has 0 heterocycles. The zero-order chi connectivity index (χ0) is 15.1. The predicted octanol–water partition coefficient (Wildman–Crippen LogP) is 0.209. The van der Waals surface area contributed by atoms with Gasteiger partial charge in [0.05, 0.1) is 18.7 Å². The fourth-order valence-electron chi connectivity index (χ4n) is 1.57. The van der Waals surface area contributed by atoms with Gasteiger partial charge in [-0.25, -0.2) is 4.39 Å². The Bertz CT molecular complexity index is 506. The molecule has 6 nitrogen and oxygen atoms in total. The van der Waals surface area contributed by atoms with Crippen LogP contribution in [-0.4, -0.2) is 38.6 Å². The second kappa shape index (κ2) is 7.44. The van der Waals surface area contributed by atoms with Crippen molar-refractivity contribution in [3.05, 3.63) is 29.1 Å². The Morgan fingerprint density at radius 3 is 2.70 bits per heavy atom. The van der Waals surface area contributed by atoms with Crippen LogP contribution in [0.15, 0.2) is 12.1 Å². The van der Waals surface area contributed by atoms with E-state index in [0.29, 0.717) is 18.8 Å². The van der Waals surface area contributed by atoms with Crippen LogP contribution in [0.4, 0.5) is 10.1 Å². The summed E-state index contributed by atoms with van der Waals surface area (Å²) in [6.07, 6.45) is 0. The van der Waals surface area contributed by atoms with Crippen LogP contribution in [0.5, 0.6) is 0 Å². The van der Waals surface area contributed by atoms with Gasteiger partial charge in [-0.1, -0.05) is 0 Å². The fourth-order valence-corrected chi connectivity index (χ4v) is 1.57. The molecular formula is C13H18FN3O3. The summed E-state index contributed by atoms with van der Waals surface area (Å²) in [5.41, 5.74) is 5.96. The number of amides is 2. The first-order valence-electron chi connectivity index (χ1n) is 6.05. The number of rotatable bonds is 6. The van der Waals surface area contributed by atoms with Crippen molar-refractivity contribution >= 4 is 17.5 Å². The van der Waals surface area contributed by atoms with Gasteiger partial charge in [-0.3, -0.25) is 9.59 Å². The summed E-state index contributed by atoms with van der Waals surface area (Å²) in [6, 6.07) is 2.67. The number of hydrogen-bond acceptors (Lipinski definition) is 4. The van der Waals surface area contributed by atoms with E-state index in [-0.39, 0.29) is 23.6 Å². The first kappa shape index (κ1) is 15.9. The molecule has 1 aromatic rings. The average molecular weight is 283 g/mol. The van der Waals surface area contributed by atoms with Crippen LogP contribution in [0.1, 0.15) is 15.9 Å². The van der Waals surface area contributed by atoms with Crippen LogP contribution in [0.3, 0.4) is 0 Å². The number of nitrogens with one attached hydrogen (secondary N) is 2. The summed E-state index contributed by atoms with van der Waals surface area (Å²) < 4.78 is 18.5. The third-order valence-electron chi connectivity index (χ3n) is 2.56. The highest BCUT2D eigenvalue weighted by Crippen LogP contribution is 2.16. The third-order valence-corrected chi connectivity index (χ3v) is 2.56. The minimum atomic E-state index is -0.681. The molecule has 0 bridgehead atoms. The maximum Gasteiger partial charge on any atom is 0.254 e. The summed E-state index contributed by atoms with van der Waals surface area (Å²) >= 11 is 0. The molecule has 2 amide bonds. The average Bonchev–Trinajstić information content (AvgIpc) is 2.40. The number of carbonyl (C=O) groups is 2. The van der Waals surface area contributed by atoms with E-state index >= 15 is 0 Å². The smallest absolute Gasteiger partial charge is 0.254 e. The van der Waals surface area contributed by atoms with Gasteiger partial charge in [-0.05, 0) is 24.6 Å². The molecule has 0 radical (unpaired) electrons. The van der Waals surface area contributed by atoms with E-state index in [1.54, 1.807) is 0 Å². The molecule has 0 aliphatic heterocycles. The van der Waals surface area contributed by atoms with Crippen molar-refractivity contribution in [1.82, 2.24) is 10.6 Å². The van der Waals surface area contributed by atoms with Gasteiger partial charge in [-0.2, -0.15) is 0 Å². The molecule has 4 N–H and O–H groups in total. The van der Waals surface area contributed by atoms with E-state index in [0.717, 1.165) is 0 Å². The van der Waals surface area contributed by atoms with Crippen molar-refractivity contribution < 1.29 is 18.7 Å². The van der Waals surface area contributed by atoms with Gasteiger partial charge in [0.2, 0.25) is 5.91 Å². The van der Waals surface area contributed by atoms with Gasteiger partial charge >= 0.3 is 0 Å². The summed E-state index contributed by atoms with van der Waals surface area (Å²) in [5.74, 6) is -1.70. The molecule has 0 spiro atoms. The molecule has 20 heavy (non-hydrogen) atoms. The largest absolute Gasteiger partial charge is 0.399 e. The molecule has 7 heteroatoms. The molecule has 110 valence electrons. The van der Waals surface area contributed by atoms with E-state index in [4.69, 9.17) is 10.5 Å². The quantitative estimate of drug-likeness (QED) is 0.514. The fraction of sp³-hybridized carbons (Fsp3) is 0.385. The highest BCUT2D eigenvalue weighted by molar-refractivity contribution is 5.97. The molecule has 0 aliphatic rings. The SMILES string of the molecule is COCCNC(=O)CNC(=O)c1cc(N)cc(C)c1F. The van der Waals surface area contributed by atoms with Gasteiger partial charge in [0.25, 0.3) is 5.91 Å². The van der Waals surface area contributed by atoms with Crippen molar-refractivity contribution in [3.63, 3.8) is 0 Å². The minimum absolute atomic E-state index is 0.174. The lowest BCUT2D eigenvalue weighted by Gasteiger charge is -2.09. The zero-order valence-corrected chi connectivity index (χ0v) is 11.5. The Hall–Kier alpha value is -2.15. The molecule has 0 atom stereocenters. The summed E-state index contributed by atoms with van der Waals surface area (Å²) in [4.78, 5) is 23.2. The number of nitrogens with two attached hydrogens (primary N) is 1. The van der Waals surface area contributed by atoms with Crippen molar-refractivity contribution in [3.8, 4) is 0 Å². The number of ether oxygens (including phenoxy) is 1. The van der Waals surface area contributed by atoms with Crippen molar-refractivity contribution in [1.29, 1.82) is 0 Å². The zero-order valence-electron chi connectivity index (χ0n) is 11.5. The van der Waals surface area contributed by atoms with Gasteiger partial charge < -0.3 is 21.1 Å². The van der Waals surface area contributed by atoms with Gasteiger partial charge in [0.15, 0.2) is 0 Å². The molecule has 0 unspecified atom stereocenters. The van der Waals surface area contributed by atoms with Crippen molar-refractivity contribution in [2.24, 2.45) is 0 Å². The third kappa shape index (κ3) is 4.51. The van der Waals surface area contributed by atoms with Crippen LogP contribution in [0.2, 0.25) is 0 Å². The minimum Gasteiger partial charge on any atom is -0.399 e. The highest BCUT2D eigenvalue weighted by atomic mass is 19.1. The van der Waals surface area contributed by atoms with Crippen LogP contribution in [0.25, 0.3) is 0 Å². The van der Waals surface area contributed by atoms with Crippen molar-refractivity contribution in [2.45, 2.75) is 6.92 Å². The van der Waals surface area contributed by atoms with Gasteiger partial charge in [-0.15, -0.1) is 0 Å². The number of anilines is 1. The van der Waals surface area contributed by atoms with E-state index in [2.05, 4.69) is 10.6 Å². The lowest BCUT2D eigenvalue weighted by molar-refractivity contribution is -0.120. The Morgan fingerprint density at radius 2 is 2.05 bits per heavy atom. The maximum absolute atomic E-state index is 13.8. The first-order valence-corrected chi connectivity index (χ1v) is 6.05. The summed E-state index contributed by atoms with van der Waals surface area (Å²) in [5, 5.41) is 4.86. The van der Waals surface area contributed by atoms with E-state index in [1.165, 1.54) is 26.2 Å². The summed E-state index contributed by atoms with van der Waals surface area (Å²) in [7, 11) is 1.51. The van der Waals surface area contributed by atoms with Gasteiger partial charge in [0.1, 0.15) is 5.82 Å². The van der Waals surface area contributed by atoms with Crippen LogP contribution in [-0.2, 0) is 9.53 Å². The summed E-state index contributed by atoms with van der Waals surface area (Å²) in [6.45, 7) is 2.00. The first-order chi connectivity index (χ1) is 9.45. The lowest BCUT2D eigenvalue weighted by atomic mass is 10.1. The van der Waals surface area contributed by atoms with Crippen LogP contribution >= 0.6 is 0 Å². The molecule has 1 rings (SSSR count). The normalized spacial score (nSPS) is 10.2. The number of carbonyl (C=O) groups excluding carboxylic acids is 2. The Labute approximate surface area is 116 Å². The number of benzene rings is 1. The highest BCUT2D eigenvalue weighted by Gasteiger charge is 2.15. The topological polar surface area (TPSA) is 93.5 Å². The van der Waals surface area contributed by atoms with E-state index in [9.17, 15) is 14.0 Å². The van der Waals surface area contributed by atoms with Crippen LogP contribution < -0.4 is 16.4 Å². The number of aryl methyl sites for hydroxylation is 1. The monoisotopic (exact) mass is 283 g/mol. The Morgan fingerprint density at radius 1 is 1.35 bits per heavy atom. The number of hydrogen-bond donors (Lipinski definition) is 3. The standard InChI is InChI=1S/C13H18FN3O3/c1-8-5-9(15)6-10(12(8)14)13(19)17-7-11(18)16-3-4-20-2/h5-6H,3-4,7,15H2,1-2H3,(H,16,18)(H,17,19). The number of nitrogen functional groups attached to an aromatic ring is 1. The van der Waals surface area contributed by atoms with Gasteiger partial charge in [0, 0.05) is 19.3 Å². The Kier molecular flexibility index (Phi) is 5.92. The Balaban J connectivity index is 2.57. The number of methoxy groups -OCH3 is 1. The van der Waals surface area contributed by atoms with E-state index in [1.807, 2.05) is 0 Å². The lowest BCUT2D eigenvalue weighted by Crippen LogP contribution is -2.38. The van der Waals surface area contributed by atoms with Crippen molar-refractivity contribution in [2.75, 3.05) is 32.5 Å². The molecule has 0 saturated carbocycles. The molecule has 0 aromatic heterocycles. The maximum atomic E-state index is 13.8. The molecule has 1 aromatic carbocycles. The second-order valence-electron chi connectivity index (χ2n) is 4.22. The van der Waals surface area contributed by atoms with E-state index < -0.39 is 11.7 Å². The molecule has 0 saturated heterocycles. The molecule has 0 fully saturated rings. The van der Waals surface area contributed by atoms with Crippen LogP contribution in [0, 0.1) is 12.7 Å². The molecule has 0 aliphatic carbocycles.